The SMILES string of the molecule is ClC(Cl)(Cl)P(=[Se])(Nc1ccccc1)C12CC3CC(CC(C3)C1)C2. The first-order valence-electron chi connectivity index (χ1n) is 8.32. The van der Waals surface area contributed by atoms with Gasteiger partial charge >= 0.3 is 162 Å². The molecule has 4 aliphatic carbocycles. The quantitative estimate of drug-likeness (QED) is 0.315. The summed E-state index contributed by atoms with van der Waals surface area (Å²) in [6.45, 7) is 0. The van der Waals surface area contributed by atoms with Gasteiger partial charge in [-0.15, -0.1) is 0 Å². The molecule has 1 aromatic rings. The first-order valence-corrected chi connectivity index (χ1v) is 13.5. The van der Waals surface area contributed by atoms with E-state index in [4.69, 9.17) is 34.8 Å². The Morgan fingerprint density at radius 1 is 0.957 bits per heavy atom. The summed E-state index contributed by atoms with van der Waals surface area (Å²) in [6.07, 6.45) is 7.83. The van der Waals surface area contributed by atoms with E-state index in [1.54, 1.807) is 0 Å². The zero-order valence-corrected chi connectivity index (χ0v) is 17.7. The van der Waals surface area contributed by atoms with Crippen LogP contribution in [0.5, 0.6) is 0 Å². The Hall–Kier alpha value is 0.839. The van der Waals surface area contributed by atoms with Crippen molar-refractivity contribution in [2.45, 2.75) is 47.2 Å². The van der Waals surface area contributed by atoms with Crippen LogP contribution in [0.3, 0.4) is 0 Å². The number of alkyl halides is 3. The van der Waals surface area contributed by atoms with E-state index in [-0.39, 0.29) is 5.16 Å². The second-order valence-corrected chi connectivity index (χ2v) is 17.3. The minimum absolute atomic E-state index is 0.142. The van der Waals surface area contributed by atoms with Gasteiger partial charge in [0.2, 0.25) is 0 Å². The van der Waals surface area contributed by atoms with Crippen molar-refractivity contribution in [1.29, 1.82) is 0 Å². The van der Waals surface area contributed by atoms with Crippen LogP contribution >= 0.6 is 40.5 Å². The van der Waals surface area contributed by atoms with Crippen LogP contribution in [0.2, 0.25) is 0 Å². The monoisotopic (exact) mass is 455 g/mol. The second-order valence-electron chi connectivity index (χ2n) is 7.70. The number of nitrogens with one attached hydrogen (secondary N) is 1. The summed E-state index contributed by atoms with van der Waals surface area (Å²) < 4.78 is -1.28. The Morgan fingerprint density at radius 3 is 1.87 bits per heavy atom. The average molecular weight is 456 g/mol. The Bertz CT molecular complexity index is 608. The number of hydrogen-bond acceptors (Lipinski definition) is 1. The molecule has 4 bridgehead atoms. The summed E-state index contributed by atoms with van der Waals surface area (Å²) in [4.78, 5) is 0. The molecule has 4 fully saturated rings. The molecule has 0 aromatic heterocycles. The van der Waals surface area contributed by atoms with E-state index >= 15 is 0 Å². The third kappa shape index (κ3) is 2.86. The molecule has 1 nitrogen and oxygen atoms in total. The molecule has 1 atom stereocenters. The molecule has 0 saturated heterocycles. The Kier molecular flexibility index (Phi) is 4.46. The van der Waals surface area contributed by atoms with Gasteiger partial charge in [-0.1, -0.05) is 0 Å². The van der Waals surface area contributed by atoms with Crippen LogP contribution in [-0.4, -0.2) is 23.8 Å². The van der Waals surface area contributed by atoms with Crippen molar-refractivity contribution in [1.82, 2.24) is 0 Å². The van der Waals surface area contributed by atoms with Crippen molar-refractivity contribution in [3.63, 3.8) is 0 Å². The number of rotatable bonds is 3. The van der Waals surface area contributed by atoms with Gasteiger partial charge in [0.05, 0.1) is 0 Å². The summed E-state index contributed by atoms with van der Waals surface area (Å²) in [6, 6.07) is 10.2. The van der Waals surface area contributed by atoms with Crippen molar-refractivity contribution in [3.8, 4) is 0 Å². The zero-order valence-electron chi connectivity index (χ0n) is 12.9. The number of anilines is 1. The Balaban J connectivity index is 1.76. The van der Waals surface area contributed by atoms with Gasteiger partial charge in [0.1, 0.15) is 0 Å². The molecule has 23 heavy (non-hydrogen) atoms. The third-order valence-electron chi connectivity index (χ3n) is 6.09. The average Bonchev–Trinajstić information content (AvgIpc) is 2.45. The van der Waals surface area contributed by atoms with E-state index in [2.05, 4.69) is 32.3 Å². The van der Waals surface area contributed by atoms with Crippen LogP contribution in [0.25, 0.3) is 0 Å². The van der Waals surface area contributed by atoms with E-state index in [9.17, 15) is 0 Å². The molecule has 1 aromatic carbocycles. The van der Waals surface area contributed by atoms with Crippen LogP contribution in [0.4, 0.5) is 5.69 Å². The second kappa shape index (κ2) is 5.94. The van der Waals surface area contributed by atoms with Crippen LogP contribution in [0.1, 0.15) is 38.5 Å². The molecule has 5 rings (SSSR count). The number of benzene rings is 1. The van der Waals surface area contributed by atoms with Crippen molar-refractivity contribution in [2.75, 3.05) is 5.09 Å². The number of para-hydroxylation sites is 1. The maximum atomic E-state index is 6.61. The van der Waals surface area contributed by atoms with Crippen molar-refractivity contribution >= 4 is 61.2 Å². The molecule has 0 spiro atoms. The summed E-state index contributed by atoms with van der Waals surface area (Å²) in [7, 11) is 0. The first kappa shape index (κ1) is 17.3. The molecule has 126 valence electrons. The Labute approximate surface area is 161 Å². The fourth-order valence-corrected chi connectivity index (χ4v) is 12.6. The standard InChI is InChI=1S/C17H21Cl3NPSe/c18-17(19,20)22(23,21-15-4-2-1-3-5-15)16-9-12-6-13(10-16)8-14(7-12)11-16/h1-5,12-14H,6-11H2,(H,21,23). The molecule has 0 radical (unpaired) electrons. The molecular formula is C17H21Cl3NPSe. The summed E-state index contributed by atoms with van der Waals surface area (Å²) in [5.74, 6) is 2.50. The van der Waals surface area contributed by atoms with Crippen LogP contribution in [0.15, 0.2) is 30.3 Å². The number of halogens is 3. The molecule has 0 aliphatic heterocycles. The summed E-state index contributed by atoms with van der Waals surface area (Å²) in [5.41, 5.74) is -1.10. The van der Waals surface area contributed by atoms with Gasteiger partial charge in [0.25, 0.3) is 0 Å². The predicted octanol–water partition coefficient (Wildman–Crippen LogP) is 6.41. The fourth-order valence-electron chi connectivity index (χ4n) is 5.60. The maximum absolute atomic E-state index is 6.61. The van der Waals surface area contributed by atoms with Crippen LogP contribution < -0.4 is 5.09 Å². The van der Waals surface area contributed by atoms with Gasteiger partial charge in [0, 0.05) is 0 Å². The zero-order chi connectivity index (χ0) is 16.3. The van der Waals surface area contributed by atoms with Crippen molar-refractivity contribution in [3.05, 3.63) is 30.3 Å². The van der Waals surface area contributed by atoms with Gasteiger partial charge in [-0.3, -0.25) is 0 Å². The fraction of sp³-hybridized carbons (Fsp3) is 0.647. The van der Waals surface area contributed by atoms with E-state index in [0.29, 0.717) is 0 Å². The van der Waals surface area contributed by atoms with E-state index in [1.165, 1.54) is 38.5 Å². The third-order valence-corrected chi connectivity index (χ3v) is 18.3. The molecule has 6 heteroatoms. The predicted molar refractivity (Wildman–Crippen MR) is 104 cm³/mol. The summed E-state index contributed by atoms with van der Waals surface area (Å²) in [5, 5.41) is 3.85. The first-order chi connectivity index (χ1) is 10.8. The molecular weight excluding hydrogens is 434 g/mol. The molecule has 1 N–H and O–H groups in total. The molecule has 1 unspecified atom stereocenters. The van der Waals surface area contributed by atoms with Gasteiger partial charge in [-0.25, -0.2) is 0 Å². The summed E-state index contributed by atoms with van der Waals surface area (Å²) >= 11 is 23.3. The van der Waals surface area contributed by atoms with Gasteiger partial charge in [0.15, 0.2) is 0 Å². The van der Waals surface area contributed by atoms with Gasteiger partial charge in [-0.2, -0.15) is 0 Å². The van der Waals surface area contributed by atoms with E-state index < -0.39 is 9.19 Å². The molecule has 4 saturated carbocycles. The topological polar surface area (TPSA) is 12.0 Å². The van der Waals surface area contributed by atoms with E-state index in [1.807, 2.05) is 18.2 Å². The molecule has 4 aliphatic rings. The van der Waals surface area contributed by atoms with Crippen molar-refractivity contribution < 1.29 is 0 Å². The van der Waals surface area contributed by atoms with Gasteiger partial charge < -0.3 is 0 Å². The minimum atomic E-state index is -2.15. The van der Waals surface area contributed by atoms with Gasteiger partial charge in [-0.05, 0) is 0 Å². The van der Waals surface area contributed by atoms with Crippen molar-refractivity contribution in [2.24, 2.45) is 17.8 Å². The molecule has 0 heterocycles. The van der Waals surface area contributed by atoms with Crippen LogP contribution in [-0.2, 0) is 0 Å². The molecule has 0 amide bonds. The van der Waals surface area contributed by atoms with Crippen LogP contribution in [0, 0.1) is 17.8 Å². The number of hydrogen-bond donors (Lipinski definition) is 1. The van der Waals surface area contributed by atoms with E-state index in [0.717, 1.165) is 23.4 Å². The Morgan fingerprint density at radius 2 is 1.43 bits per heavy atom. The normalized spacial score (nSPS) is 38.3.